The molecule has 3 aromatic rings. The Morgan fingerprint density at radius 1 is 1.13 bits per heavy atom. The van der Waals surface area contributed by atoms with Crippen LogP contribution in [0.25, 0.3) is 11.0 Å². The zero-order chi connectivity index (χ0) is 16.2. The lowest BCUT2D eigenvalue weighted by Crippen LogP contribution is -2.24. The van der Waals surface area contributed by atoms with Crippen molar-refractivity contribution in [3.05, 3.63) is 71.5 Å². The standard InChI is InChI=1S/C17H13N3O3/c1-11(21)14-10-13-4-2-3-5-15(13)23-17(14)20-19-16(22)12-6-8-18-9-7-12/h2-10H,1H3,(H,19,22). The van der Waals surface area contributed by atoms with Crippen LogP contribution in [0.1, 0.15) is 27.6 Å². The molecule has 2 aromatic heterocycles. The molecule has 0 aliphatic heterocycles. The maximum Gasteiger partial charge on any atom is 0.271 e. The number of rotatable bonds is 3. The summed E-state index contributed by atoms with van der Waals surface area (Å²) in [5.74, 6) is -0.610. The van der Waals surface area contributed by atoms with Crippen molar-refractivity contribution < 1.29 is 14.0 Å². The number of pyridine rings is 1. The van der Waals surface area contributed by atoms with Crippen LogP contribution in [-0.4, -0.2) is 16.7 Å². The number of amides is 1. The van der Waals surface area contributed by atoms with Gasteiger partial charge in [-0.1, -0.05) is 18.2 Å². The summed E-state index contributed by atoms with van der Waals surface area (Å²) in [6.45, 7) is 1.42. The maximum atomic E-state index is 12.0. The molecule has 3 rings (SSSR count). The number of nitrogens with one attached hydrogen (secondary N) is 1. The molecule has 0 saturated carbocycles. The van der Waals surface area contributed by atoms with Gasteiger partial charge in [0.05, 0.1) is 5.56 Å². The van der Waals surface area contributed by atoms with E-state index in [1.807, 2.05) is 18.2 Å². The van der Waals surface area contributed by atoms with Crippen LogP contribution < -0.4 is 11.0 Å². The Morgan fingerprint density at radius 2 is 1.87 bits per heavy atom. The van der Waals surface area contributed by atoms with Gasteiger partial charge in [0.25, 0.3) is 5.91 Å². The van der Waals surface area contributed by atoms with Gasteiger partial charge >= 0.3 is 0 Å². The molecule has 0 aliphatic carbocycles. The first kappa shape index (κ1) is 14.6. The third kappa shape index (κ3) is 3.16. The minimum atomic E-state index is -0.412. The van der Waals surface area contributed by atoms with Gasteiger partial charge in [0, 0.05) is 23.3 Å². The fourth-order valence-corrected chi connectivity index (χ4v) is 2.07. The van der Waals surface area contributed by atoms with Crippen molar-refractivity contribution in [2.75, 3.05) is 0 Å². The molecule has 6 nitrogen and oxygen atoms in total. The molecule has 0 saturated heterocycles. The Balaban J connectivity index is 2.02. The number of carbonyl (C=O) groups excluding carboxylic acids is 2. The molecule has 0 aliphatic rings. The Labute approximate surface area is 131 Å². The number of fused-ring (bicyclic) bond motifs is 1. The van der Waals surface area contributed by atoms with Crippen molar-refractivity contribution in [3.63, 3.8) is 0 Å². The largest absolute Gasteiger partial charge is 0.436 e. The zero-order valence-electron chi connectivity index (χ0n) is 12.3. The Morgan fingerprint density at radius 3 is 2.61 bits per heavy atom. The van der Waals surface area contributed by atoms with Gasteiger partial charge in [-0.05, 0) is 31.2 Å². The minimum Gasteiger partial charge on any atom is -0.436 e. The van der Waals surface area contributed by atoms with Crippen LogP contribution in [0.4, 0.5) is 0 Å². The van der Waals surface area contributed by atoms with Crippen molar-refractivity contribution in [2.45, 2.75) is 6.92 Å². The van der Waals surface area contributed by atoms with Crippen LogP contribution in [0.5, 0.6) is 0 Å². The van der Waals surface area contributed by atoms with Crippen molar-refractivity contribution in [2.24, 2.45) is 5.10 Å². The Hall–Kier alpha value is -3.28. The van der Waals surface area contributed by atoms with E-state index in [2.05, 4.69) is 15.5 Å². The van der Waals surface area contributed by atoms with Crippen molar-refractivity contribution in [3.8, 4) is 0 Å². The highest BCUT2D eigenvalue weighted by Gasteiger charge is 2.09. The second kappa shape index (κ2) is 6.23. The molecule has 0 bridgehead atoms. The average molecular weight is 307 g/mol. The summed E-state index contributed by atoms with van der Waals surface area (Å²) < 4.78 is 5.63. The Bertz CT molecular complexity index is 946. The van der Waals surface area contributed by atoms with Crippen LogP contribution in [-0.2, 0) is 0 Å². The van der Waals surface area contributed by atoms with Gasteiger partial charge in [-0.2, -0.15) is 0 Å². The molecule has 0 unspecified atom stereocenters. The molecule has 114 valence electrons. The second-order valence-corrected chi connectivity index (χ2v) is 4.85. The van der Waals surface area contributed by atoms with Crippen LogP contribution in [0.3, 0.4) is 0 Å². The van der Waals surface area contributed by atoms with Crippen molar-refractivity contribution in [1.29, 1.82) is 0 Å². The van der Waals surface area contributed by atoms with E-state index in [0.717, 1.165) is 5.39 Å². The molecule has 6 heteroatoms. The minimum absolute atomic E-state index is 0.0682. The van der Waals surface area contributed by atoms with E-state index in [0.29, 0.717) is 16.7 Å². The van der Waals surface area contributed by atoms with E-state index in [-0.39, 0.29) is 11.3 Å². The number of benzene rings is 1. The number of hydrogen-bond donors (Lipinski definition) is 1. The van der Waals surface area contributed by atoms with Gasteiger partial charge in [-0.3, -0.25) is 14.6 Å². The highest BCUT2D eigenvalue weighted by molar-refractivity contribution is 5.96. The first-order valence-corrected chi connectivity index (χ1v) is 6.93. The second-order valence-electron chi connectivity index (χ2n) is 4.85. The number of para-hydroxylation sites is 1. The number of carbonyl (C=O) groups is 2. The van der Waals surface area contributed by atoms with Crippen LogP contribution in [0.15, 0.2) is 64.4 Å². The van der Waals surface area contributed by atoms with Crippen LogP contribution in [0.2, 0.25) is 0 Å². The summed E-state index contributed by atoms with van der Waals surface area (Å²) in [7, 11) is 0. The average Bonchev–Trinajstić information content (AvgIpc) is 2.59. The van der Waals surface area contributed by atoms with E-state index >= 15 is 0 Å². The summed E-state index contributed by atoms with van der Waals surface area (Å²) in [6.07, 6.45) is 3.02. The highest BCUT2D eigenvalue weighted by Crippen LogP contribution is 2.12. The molecule has 0 atom stereocenters. The monoisotopic (exact) mass is 307 g/mol. The predicted molar refractivity (Wildman–Crippen MR) is 83.5 cm³/mol. The lowest BCUT2D eigenvalue weighted by Gasteiger charge is -2.02. The topological polar surface area (TPSA) is 84.6 Å². The van der Waals surface area contributed by atoms with Gasteiger partial charge < -0.3 is 4.42 Å². The molecule has 1 aromatic carbocycles. The normalized spacial score (nSPS) is 11.4. The fourth-order valence-electron chi connectivity index (χ4n) is 2.07. The van der Waals surface area contributed by atoms with Gasteiger partial charge in [0.2, 0.25) is 5.55 Å². The van der Waals surface area contributed by atoms with Gasteiger partial charge in [0.15, 0.2) is 5.78 Å². The third-order valence-corrected chi connectivity index (χ3v) is 3.24. The summed E-state index contributed by atoms with van der Waals surface area (Å²) in [4.78, 5) is 27.6. The molecule has 1 amide bonds. The van der Waals surface area contributed by atoms with Crippen LogP contribution >= 0.6 is 0 Å². The Kier molecular flexibility index (Phi) is 3.97. The highest BCUT2D eigenvalue weighted by atomic mass is 16.3. The number of aromatic nitrogens is 1. The van der Waals surface area contributed by atoms with Crippen molar-refractivity contribution in [1.82, 2.24) is 10.4 Å². The van der Waals surface area contributed by atoms with E-state index in [1.165, 1.54) is 19.3 Å². The lowest BCUT2D eigenvalue weighted by molar-refractivity contribution is 0.0947. The molecule has 0 radical (unpaired) electrons. The maximum absolute atomic E-state index is 12.0. The molecule has 23 heavy (non-hydrogen) atoms. The summed E-state index contributed by atoms with van der Waals surface area (Å²) in [5.41, 5.74) is 3.75. The van der Waals surface area contributed by atoms with Crippen molar-refractivity contribution >= 4 is 22.7 Å². The van der Waals surface area contributed by atoms with E-state index in [4.69, 9.17) is 4.42 Å². The molecule has 1 N–H and O–H groups in total. The van der Waals surface area contributed by atoms with E-state index < -0.39 is 5.91 Å². The quantitative estimate of drug-likeness (QED) is 0.594. The third-order valence-electron chi connectivity index (χ3n) is 3.24. The van der Waals surface area contributed by atoms with Gasteiger partial charge in [-0.25, -0.2) is 5.43 Å². The number of nitrogens with zero attached hydrogens (tertiary/aromatic N) is 2. The number of ketones is 1. The zero-order valence-corrected chi connectivity index (χ0v) is 12.3. The molecular formula is C17H13N3O3. The fraction of sp³-hybridized carbons (Fsp3) is 0.0588. The SMILES string of the molecule is CC(=O)c1cc2ccccc2oc1=NNC(=O)c1ccncc1. The van der Waals surface area contributed by atoms with E-state index in [9.17, 15) is 9.59 Å². The summed E-state index contributed by atoms with van der Waals surface area (Å²) >= 11 is 0. The smallest absolute Gasteiger partial charge is 0.271 e. The molecule has 0 spiro atoms. The predicted octanol–water partition coefficient (Wildman–Crippen LogP) is 2.28. The van der Waals surface area contributed by atoms with Gasteiger partial charge in [-0.15, -0.1) is 5.10 Å². The molecule has 0 fully saturated rings. The van der Waals surface area contributed by atoms with E-state index in [1.54, 1.807) is 24.3 Å². The number of Topliss-reactive ketones (excluding diaryl/α,β-unsaturated/α-hetero) is 1. The first-order valence-electron chi connectivity index (χ1n) is 6.93. The summed E-state index contributed by atoms with van der Waals surface area (Å²) in [5, 5.41) is 4.74. The first-order chi connectivity index (χ1) is 11.1. The molecule has 2 heterocycles. The van der Waals surface area contributed by atoms with Gasteiger partial charge in [0.1, 0.15) is 5.58 Å². The van der Waals surface area contributed by atoms with Crippen LogP contribution in [0, 0.1) is 0 Å². The molecular weight excluding hydrogens is 294 g/mol. The summed E-state index contributed by atoms with van der Waals surface area (Å²) in [6, 6.07) is 12.1. The lowest BCUT2D eigenvalue weighted by atomic mass is 10.1. The number of hydrogen-bond acceptors (Lipinski definition) is 5.